The van der Waals surface area contributed by atoms with E-state index in [1.165, 1.54) is 18.2 Å². The topological polar surface area (TPSA) is 46.2 Å². The molecule has 0 saturated carbocycles. The van der Waals surface area contributed by atoms with Crippen molar-refractivity contribution in [1.82, 2.24) is 0 Å². The van der Waals surface area contributed by atoms with Gasteiger partial charge in [0.05, 0.1) is 25.7 Å². The average molecular weight is 416 g/mol. The van der Waals surface area contributed by atoms with Crippen molar-refractivity contribution in [2.45, 2.75) is 4.90 Å². The predicted molar refractivity (Wildman–Crippen MR) is 86.4 cm³/mol. The van der Waals surface area contributed by atoms with Gasteiger partial charge in [0, 0.05) is 4.47 Å². The Kier molecular flexibility index (Phi) is 4.87. The highest BCUT2D eigenvalue weighted by atomic mass is 79.9. The first-order valence-electron chi connectivity index (χ1n) is 5.22. The fourth-order valence-corrected chi connectivity index (χ4v) is 3.46. The Hall–Kier alpha value is -0.460. The number of halogens is 4. The van der Waals surface area contributed by atoms with Gasteiger partial charge in [-0.3, -0.25) is 4.72 Å². The van der Waals surface area contributed by atoms with Crippen LogP contribution in [0.4, 0.5) is 5.69 Å². The first-order chi connectivity index (χ1) is 9.29. The number of rotatable bonds is 3. The zero-order valence-electron chi connectivity index (χ0n) is 9.70. The van der Waals surface area contributed by atoms with Crippen LogP contribution in [-0.4, -0.2) is 8.42 Å². The van der Waals surface area contributed by atoms with E-state index in [4.69, 9.17) is 34.8 Å². The van der Waals surface area contributed by atoms with Crippen LogP contribution in [-0.2, 0) is 10.0 Å². The largest absolute Gasteiger partial charge is 0.278 e. The van der Waals surface area contributed by atoms with Crippen molar-refractivity contribution < 1.29 is 8.42 Å². The lowest BCUT2D eigenvalue weighted by molar-refractivity contribution is 0.601. The zero-order chi connectivity index (χ0) is 14.9. The van der Waals surface area contributed by atoms with E-state index in [9.17, 15) is 8.42 Å². The van der Waals surface area contributed by atoms with Gasteiger partial charge in [-0.05, 0) is 36.4 Å². The Morgan fingerprint density at radius 3 is 2.20 bits per heavy atom. The second-order valence-corrected chi connectivity index (χ2v) is 7.63. The summed E-state index contributed by atoms with van der Waals surface area (Å²) in [7, 11) is -3.79. The van der Waals surface area contributed by atoms with Crippen molar-refractivity contribution in [2.75, 3.05) is 4.72 Å². The first kappa shape index (κ1) is 15.9. The fourth-order valence-electron chi connectivity index (χ4n) is 1.42. The van der Waals surface area contributed by atoms with Crippen molar-refractivity contribution in [3.05, 3.63) is 55.9 Å². The molecular weight excluding hydrogens is 408 g/mol. The summed E-state index contributed by atoms with van der Waals surface area (Å²) in [5.41, 5.74) is 0.270. The van der Waals surface area contributed by atoms with Gasteiger partial charge < -0.3 is 0 Å². The molecule has 106 valence electrons. The van der Waals surface area contributed by atoms with E-state index in [1.54, 1.807) is 18.2 Å². The summed E-state index contributed by atoms with van der Waals surface area (Å²) in [6.45, 7) is 0. The van der Waals surface area contributed by atoms with Crippen molar-refractivity contribution in [1.29, 1.82) is 0 Å². The second kappa shape index (κ2) is 6.12. The lowest BCUT2D eigenvalue weighted by atomic mass is 10.3. The third-order valence-corrected chi connectivity index (χ3v) is 5.30. The molecule has 1 N–H and O–H groups in total. The predicted octanol–water partition coefficient (Wildman–Crippen LogP) is 5.21. The minimum absolute atomic E-state index is 0.00272. The van der Waals surface area contributed by atoms with E-state index >= 15 is 0 Å². The Balaban J connectivity index is 2.40. The van der Waals surface area contributed by atoms with Gasteiger partial charge in [-0.1, -0.05) is 50.7 Å². The van der Waals surface area contributed by atoms with E-state index in [0.29, 0.717) is 4.47 Å². The molecule has 2 aromatic carbocycles. The molecule has 0 bridgehead atoms. The number of hydrogen-bond acceptors (Lipinski definition) is 2. The molecule has 0 aliphatic heterocycles. The van der Waals surface area contributed by atoms with Crippen LogP contribution in [0.15, 0.2) is 45.8 Å². The molecule has 8 heteroatoms. The molecule has 20 heavy (non-hydrogen) atoms. The quantitative estimate of drug-likeness (QED) is 0.748. The van der Waals surface area contributed by atoms with E-state index in [0.717, 1.165) is 0 Å². The summed E-state index contributed by atoms with van der Waals surface area (Å²) < 4.78 is 27.6. The molecule has 2 rings (SSSR count). The molecule has 0 radical (unpaired) electrons. The number of hydrogen-bond donors (Lipinski definition) is 1. The third-order valence-electron chi connectivity index (χ3n) is 2.37. The van der Waals surface area contributed by atoms with Crippen LogP contribution in [0.2, 0.25) is 15.1 Å². The van der Waals surface area contributed by atoms with Gasteiger partial charge in [-0.2, -0.15) is 0 Å². The van der Waals surface area contributed by atoms with E-state index < -0.39 is 10.0 Å². The average Bonchev–Trinajstić information content (AvgIpc) is 2.36. The molecule has 0 aromatic heterocycles. The van der Waals surface area contributed by atoms with Crippen LogP contribution in [0.5, 0.6) is 0 Å². The zero-order valence-corrected chi connectivity index (χ0v) is 14.4. The van der Waals surface area contributed by atoms with Gasteiger partial charge in [-0.25, -0.2) is 8.42 Å². The van der Waals surface area contributed by atoms with Crippen molar-refractivity contribution >= 4 is 66.4 Å². The maximum absolute atomic E-state index is 12.2. The SMILES string of the molecule is O=S(=O)(Nc1cc(Br)ccc1Cl)c1ccc(Cl)c(Cl)c1. The molecular formula is C12H7BrCl3NO2S. The lowest BCUT2D eigenvalue weighted by Gasteiger charge is -2.10. The van der Waals surface area contributed by atoms with Crippen molar-refractivity contribution in [3.8, 4) is 0 Å². The molecule has 0 heterocycles. The molecule has 0 fully saturated rings. The smallest absolute Gasteiger partial charge is 0.261 e. The normalized spacial score (nSPS) is 11.4. The molecule has 0 spiro atoms. The highest BCUT2D eigenvalue weighted by Crippen LogP contribution is 2.30. The molecule has 0 atom stereocenters. The number of sulfonamides is 1. The minimum Gasteiger partial charge on any atom is -0.278 e. The summed E-state index contributed by atoms with van der Waals surface area (Å²) in [5.74, 6) is 0. The Morgan fingerprint density at radius 1 is 0.900 bits per heavy atom. The van der Waals surface area contributed by atoms with E-state index in [-0.39, 0.29) is 25.7 Å². The van der Waals surface area contributed by atoms with Gasteiger partial charge in [0.15, 0.2) is 0 Å². The number of benzene rings is 2. The van der Waals surface area contributed by atoms with E-state index in [1.807, 2.05) is 0 Å². The van der Waals surface area contributed by atoms with Crippen molar-refractivity contribution in [2.24, 2.45) is 0 Å². The maximum Gasteiger partial charge on any atom is 0.261 e. The molecule has 3 nitrogen and oxygen atoms in total. The minimum atomic E-state index is -3.79. The van der Waals surface area contributed by atoms with Crippen LogP contribution in [0.25, 0.3) is 0 Å². The third kappa shape index (κ3) is 3.59. The highest BCUT2D eigenvalue weighted by Gasteiger charge is 2.17. The molecule has 0 aliphatic rings. The van der Waals surface area contributed by atoms with Gasteiger partial charge in [0.25, 0.3) is 10.0 Å². The van der Waals surface area contributed by atoms with Crippen LogP contribution < -0.4 is 4.72 Å². The Bertz CT molecular complexity index is 765. The summed E-state index contributed by atoms with van der Waals surface area (Å²) in [4.78, 5) is 0.00272. The number of nitrogens with one attached hydrogen (secondary N) is 1. The Labute approximate surface area is 140 Å². The monoisotopic (exact) mass is 413 g/mol. The van der Waals surface area contributed by atoms with Crippen LogP contribution >= 0.6 is 50.7 Å². The summed E-state index contributed by atoms with van der Waals surface area (Å²) >= 11 is 20.8. The van der Waals surface area contributed by atoms with Crippen LogP contribution in [0, 0.1) is 0 Å². The summed E-state index contributed by atoms with van der Waals surface area (Å²) in [6.07, 6.45) is 0. The van der Waals surface area contributed by atoms with Crippen LogP contribution in [0.1, 0.15) is 0 Å². The van der Waals surface area contributed by atoms with Gasteiger partial charge >= 0.3 is 0 Å². The molecule has 0 unspecified atom stereocenters. The van der Waals surface area contributed by atoms with Gasteiger partial charge in [-0.15, -0.1) is 0 Å². The first-order valence-corrected chi connectivity index (χ1v) is 8.63. The van der Waals surface area contributed by atoms with Crippen molar-refractivity contribution in [3.63, 3.8) is 0 Å². The second-order valence-electron chi connectivity index (χ2n) is 3.81. The molecule has 2 aromatic rings. The molecule has 0 aliphatic carbocycles. The van der Waals surface area contributed by atoms with E-state index in [2.05, 4.69) is 20.7 Å². The van der Waals surface area contributed by atoms with Gasteiger partial charge in [0.2, 0.25) is 0 Å². The Morgan fingerprint density at radius 2 is 1.55 bits per heavy atom. The molecule has 0 amide bonds. The maximum atomic E-state index is 12.2. The summed E-state index contributed by atoms with van der Waals surface area (Å²) in [5, 5.41) is 0.734. The standard InChI is InChI=1S/C12H7BrCl3NO2S/c13-7-1-3-10(15)12(5-7)17-20(18,19)8-2-4-9(14)11(16)6-8/h1-6,17H. The van der Waals surface area contributed by atoms with Crippen LogP contribution in [0.3, 0.4) is 0 Å². The number of anilines is 1. The summed E-state index contributed by atoms with van der Waals surface area (Å²) in [6, 6.07) is 8.91. The van der Waals surface area contributed by atoms with Gasteiger partial charge in [0.1, 0.15) is 0 Å². The fraction of sp³-hybridized carbons (Fsp3) is 0. The molecule has 0 saturated heterocycles. The lowest BCUT2D eigenvalue weighted by Crippen LogP contribution is -2.13. The highest BCUT2D eigenvalue weighted by molar-refractivity contribution is 9.10.